The molecule has 0 spiro atoms. The molecule has 33 heavy (non-hydrogen) atoms. The molecule has 10 heteroatoms. The fourth-order valence-electron chi connectivity index (χ4n) is 3.26. The fraction of sp³-hybridized carbons (Fsp3) is 0.217. The molecule has 1 N–H and O–H groups in total. The summed E-state index contributed by atoms with van der Waals surface area (Å²) in [5.41, 5.74) is 3.26. The number of anilines is 1. The Labute approximate surface area is 208 Å². The first-order chi connectivity index (χ1) is 15.9. The van der Waals surface area contributed by atoms with Gasteiger partial charge in [-0.15, -0.1) is 22.7 Å². The van der Waals surface area contributed by atoms with Crippen LogP contribution in [-0.4, -0.2) is 34.2 Å². The summed E-state index contributed by atoms with van der Waals surface area (Å²) in [5.74, 6) is -0.507. The van der Waals surface area contributed by atoms with Crippen LogP contribution in [-0.2, 0) is 9.53 Å². The minimum absolute atomic E-state index is 0.139. The van der Waals surface area contributed by atoms with Crippen LogP contribution >= 0.6 is 46.0 Å². The number of esters is 1. The first kappa shape index (κ1) is 23.7. The molecular weight excluding hydrogens is 498 g/mol. The highest BCUT2D eigenvalue weighted by atomic mass is 35.5. The van der Waals surface area contributed by atoms with Crippen molar-refractivity contribution in [2.24, 2.45) is 0 Å². The van der Waals surface area contributed by atoms with Gasteiger partial charge in [0.25, 0.3) is 0 Å². The van der Waals surface area contributed by atoms with Crippen molar-refractivity contribution < 1.29 is 14.3 Å². The molecule has 6 nitrogen and oxygen atoms in total. The minimum Gasteiger partial charge on any atom is -0.462 e. The molecule has 3 aromatic heterocycles. The molecule has 0 aliphatic rings. The molecule has 4 aromatic rings. The number of hydrogen-bond acceptors (Lipinski definition) is 8. The lowest BCUT2D eigenvalue weighted by molar-refractivity contribution is -0.113. The van der Waals surface area contributed by atoms with Gasteiger partial charge in [0.1, 0.15) is 21.2 Å². The number of benzene rings is 1. The number of thioether (sulfide) groups is 1. The van der Waals surface area contributed by atoms with Gasteiger partial charge in [0.05, 0.1) is 23.3 Å². The second-order valence-corrected chi connectivity index (χ2v) is 10.5. The lowest BCUT2D eigenvalue weighted by atomic mass is 10.1. The average molecular weight is 518 g/mol. The van der Waals surface area contributed by atoms with Gasteiger partial charge in [0.2, 0.25) is 5.91 Å². The third-order valence-corrected chi connectivity index (χ3v) is 8.20. The molecule has 0 unspecified atom stereocenters. The molecule has 1 amide bonds. The second-order valence-electron chi connectivity index (χ2n) is 7.06. The van der Waals surface area contributed by atoms with E-state index in [0.717, 1.165) is 36.8 Å². The number of amides is 1. The minimum atomic E-state index is -0.425. The number of carbonyl (C=O) groups is 2. The number of carbonyl (C=O) groups excluding carboxylic acids is 2. The molecule has 0 saturated carbocycles. The topological polar surface area (TPSA) is 81.2 Å². The molecule has 0 aliphatic heterocycles. The van der Waals surface area contributed by atoms with Crippen molar-refractivity contribution >= 4 is 73.1 Å². The van der Waals surface area contributed by atoms with E-state index in [4.69, 9.17) is 16.3 Å². The first-order valence-corrected chi connectivity index (χ1v) is 13.1. The lowest BCUT2D eigenvalue weighted by Gasteiger charge is -2.08. The standard InChI is InChI=1S/C23H20ClN3O3S3/c1-4-30-23(29)18-12(2)13(3)33-22(18)27-17(28)10-32-21-19-16(9-31-20(19)25-11-26-21)14-5-7-15(24)8-6-14/h5-9,11H,4,10H2,1-3H3,(H,27,28). The zero-order valence-corrected chi connectivity index (χ0v) is 21.3. The number of fused-ring (bicyclic) bond motifs is 1. The predicted octanol–water partition coefficient (Wildman–Crippen LogP) is 6.60. The molecule has 0 radical (unpaired) electrons. The highest BCUT2D eigenvalue weighted by molar-refractivity contribution is 8.00. The van der Waals surface area contributed by atoms with Crippen molar-refractivity contribution in [1.29, 1.82) is 0 Å². The van der Waals surface area contributed by atoms with Gasteiger partial charge in [-0.25, -0.2) is 14.8 Å². The van der Waals surface area contributed by atoms with Gasteiger partial charge in [-0.2, -0.15) is 0 Å². The number of rotatable bonds is 7. The van der Waals surface area contributed by atoms with Crippen molar-refractivity contribution in [3.05, 3.63) is 57.0 Å². The molecule has 1 aromatic carbocycles. The molecular formula is C23H20ClN3O3S3. The van der Waals surface area contributed by atoms with E-state index in [9.17, 15) is 9.59 Å². The van der Waals surface area contributed by atoms with Gasteiger partial charge in [-0.1, -0.05) is 35.5 Å². The van der Waals surface area contributed by atoms with Gasteiger partial charge in [-0.05, 0) is 44.0 Å². The second kappa shape index (κ2) is 10.2. The Hall–Kier alpha value is -2.46. The average Bonchev–Trinajstić information content (AvgIpc) is 3.34. The van der Waals surface area contributed by atoms with E-state index < -0.39 is 5.97 Å². The lowest BCUT2D eigenvalue weighted by Crippen LogP contribution is -2.16. The maximum atomic E-state index is 12.8. The number of halogens is 1. The molecule has 4 rings (SSSR count). The predicted molar refractivity (Wildman–Crippen MR) is 137 cm³/mol. The Morgan fingerprint density at radius 1 is 1.18 bits per heavy atom. The number of nitrogens with one attached hydrogen (secondary N) is 1. The normalized spacial score (nSPS) is 11.0. The highest BCUT2D eigenvalue weighted by Crippen LogP contribution is 2.38. The number of aryl methyl sites for hydroxylation is 1. The first-order valence-electron chi connectivity index (χ1n) is 10.1. The van der Waals surface area contributed by atoms with Gasteiger partial charge in [0.15, 0.2) is 0 Å². The Bertz CT molecular complexity index is 1330. The van der Waals surface area contributed by atoms with E-state index in [1.54, 1.807) is 6.92 Å². The van der Waals surface area contributed by atoms with Gasteiger partial charge in [0, 0.05) is 20.8 Å². The number of nitrogens with zero attached hydrogens (tertiary/aromatic N) is 2. The summed E-state index contributed by atoms with van der Waals surface area (Å²) >= 11 is 10.3. The van der Waals surface area contributed by atoms with Crippen molar-refractivity contribution in [2.45, 2.75) is 25.8 Å². The largest absolute Gasteiger partial charge is 0.462 e. The third kappa shape index (κ3) is 5.06. The van der Waals surface area contributed by atoms with Crippen LogP contribution in [0.5, 0.6) is 0 Å². The molecule has 0 saturated heterocycles. The summed E-state index contributed by atoms with van der Waals surface area (Å²) in [6.07, 6.45) is 1.51. The third-order valence-electron chi connectivity index (χ3n) is 4.95. The quantitative estimate of drug-likeness (QED) is 0.169. The van der Waals surface area contributed by atoms with Crippen LogP contribution in [0.2, 0.25) is 5.02 Å². The Kier molecular flexibility index (Phi) is 7.33. The summed E-state index contributed by atoms with van der Waals surface area (Å²) < 4.78 is 5.16. The van der Waals surface area contributed by atoms with Crippen LogP contribution < -0.4 is 5.32 Å². The number of hydrogen-bond donors (Lipinski definition) is 1. The molecule has 0 fully saturated rings. The van der Waals surface area contributed by atoms with Crippen molar-refractivity contribution in [2.75, 3.05) is 17.7 Å². The van der Waals surface area contributed by atoms with Crippen LogP contribution in [0, 0.1) is 13.8 Å². The summed E-state index contributed by atoms with van der Waals surface area (Å²) in [4.78, 5) is 35.8. The van der Waals surface area contributed by atoms with Crippen molar-refractivity contribution in [3.63, 3.8) is 0 Å². The summed E-state index contributed by atoms with van der Waals surface area (Å²) in [5, 5.41) is 7.74. The zero-order valence-electron chi connectivity index (χ0n) is 18.1. The molecule has 0 atom stereocenters. The number of thiophene rings is 2. The smallest absolute Gasteiger partial charge is 0.341 e. The van der Waals surface area contributed by atoms with E-state index in [1.165, 1.54) is 40.8 Å². The molecule has 3 heterocycles. The zero-order chi connectivity index (χ0) is 23.5. The maximum absolute atomic E-state index is 12.8. The molecule has 0 bridgehead atoms. The van der Waals surface area contributed by atoms with Crippen LogP contribution in [0.3, 0.4) is 0 Å². The van der Waals surface area contributed by atoms with Crippen LogP contribution in [0.4, 0.5) is 5.00 Å². The Morgan fingerprint density at radius 3 is 2.67 bits per heavy atom. The van der Waals surface area contributed by atoms with Gasteiger partial charge < -0.3 is 10.1 Å². The van der Waals surface area contributed by atoms with E-state index in [1.807, 2.05) is 43.5 Å². The van der Waals surface area contributed by atoms with E-state index in [2.05, 4.69) is 15.3 Å². The molecule has 0 aliphatic carbocycles. The molecule has 170 valence electrons. The van der Waals surface area contributed by atoms with Crippen LogP contribution in [0.25, 0.3) is 21.3 Å². The van der Waals surface area contributed by atoms with Gasteiger partial charge in [-0.3, -0.25) is 4.79 Å². The number of aromatic nitrogens is 2. The Balaban J connectivity index is 1.55. The van der Waals surface area contributed by atoms with E-state index >= 15 is 0 Å². The van der Waals surface area contributed by atoms with Crippen LogP contribution in [0.1, 0.15) is 27.7 Å². The van der Waals surface area contributed by atoms with Gasteiger partial charge >= 0.3 is 5.97 Å². The Morgan fingerprint density at radius 2 is 1.94 bits per heavy atom. The monoisotopic (exact) mass is 517 g/mol. The van der Waals surface area contributed by atoms with Crippen LogP contribution in [0.15, 0.2) is 41.0 Å². The maximum Gasteiger partial charge on any atom is 0.341 e. The SMILES string of the molecule is CCOC(=O)c1c(NC(=O)CSc2ncnc3scc(-c4ccc(Cl)cc4)c23)sc(C)c1C. The van der Waals surface area contributed by atoms with Crippen molar-refractivity contribution in [3.8, 4) is 11.1 Å². The number of ether oxygens (including phenoxy) is 1. The van der Waals surface area contributed by atoms with E-state index in [0.29, 0.717) is 15.6 Å². The van der Waals surface area contributed by atoms with Crippen molar-refractivity contribution in [1.82, 2.24) is 9.97 Å². The van der Waals surface area contributed by atoms with E-state index in [-0.39, 0.29) is 18.3 Å². The summed E-state index contributed by atoms with van der Waals surface area (Å²) in [7, 11) is 0. The summed E-state index contributed by atoms with van der Waals surface area (Å²) in [6, 6.07) is 7.60. The summed E-state index contributed by atoms with van der Waals surface area (Å²) in [6.45, 7) is 5.80. The fourth-order valence-corrected chi connectivity index (χ4v) is 6.24. The highest BCUT2D eigenvalue weighted by Gasteiger charge is 2.22.